The summed E-state index contributed by atoms with van der Waals surface area (Å²) in [5.74, 6) is -2.21. The van der Waals surface area contributed by atoms with Gasteiger partial charge in [0.1, 0.15) is 0 Å². The van der Waals surface area contributed by atoms with Crippen molar-refractivity contribution in [3.63, 3.8) is 0 Å². The number of ether oxygens (including phenoxy) is 6. The van der Waals surface area contributed by atoms with Crippen LogP contribution in [-0.2, 0) is 42.8 Å². The average Bonchev–Trinajstić information content (AvgIpc) is 3.98. The number of aliphatic carboxylic acids is 1. The number of carbonyl (C=O) groups excluding carboxylic acids is 5. The van der Waals surface area contributed by atoms with Crippen molar-refractivity contribution >= 4 is 36.2 Å². The smallest absolute Gasteiger partial charge is 0.410 e. The van der Waals surface area contributed by atoms with Crippen LogP contribution >= 0.6 is 0 Å². The number of hydrogen-bond donors (Lipinski definition) is 2. The molecule has 7 rings (SSSR count). The lowest BCUT2D eigenvalue weighted by molar-refractivity contribution is -0.157. The molecule has 0 bridgehead atoms. The van der Waals surface area contributed by atoms with E-state index in [1.54, 1.807) is 13.8 Å². The number of likely N-dealkylation sites (N-methyl/N-ethyl adjacent to an activating group) is 1. The number of carboxylic acid groups (broad SMARTS) is 1. The summed E-state index contributed by atoms with van der Waals surface area (Å²) in [7, 11) is 2.13. The predicted octanol–water partition coefficient (Wildman–Crippen LogP) is 6.25. The maximum Gasteiger partial charge on any atom is 0.410 e. The normalized spacial score (nSPS) is 21.0. The van der Waals surface area contributed by atoms with E-state index in [4.69, 9.17) is 33.9 Å². The van der Waals surface area contributed by atoms with E-state index in [0.717, 1.165) is 137 Å². The SMILES string of the molecule is CC(C)OC(=O)CC(O)C(=O)O.CC(C)OC(=O)CCN1CCN(C)CC1.CC(C)OC(=O)N1CCC(N2CCCC2)CC1.CC(C)OC(=O)N1CCC(N2CCCCC2)CC1.CC(C)OC(=O)N1CCC(N2CCOCC2)CC1. The highest BCUT2D eigenvalue weighted by atomic mass is 16.6. The Balaban J connectivity index is 0.000000265. The van der Waals surface area contributed by atoms with Crippen molar-refractivity contribution in [2.24, 2.45) is 0 Å². The Labute approximate surface area is 480 Å². The summed E-state index contributed by atoms with van der Waals surface area (Å²) in [5, 5.41) is 16.9. The summed E-state index contributed by atoms with van der Waals surface area (Å²) in [5.41, 5.74) is 0. The van der Waals surface area contributed by atoms with Gasteiger partial charge in [0.05, 0.1) is 56.6 Å². The molecule has 7 saturated heterocycles. The molecule has 7 fully saturated rings. The highest BCUT2D eigenvalue weighted by Crippen LogP contribution is 2.24. The van der Waals surface area contributed by atoms with Crippen LogP contribution in [0.1, 0.15) is 153 Å². The number of aliphatic hydroxyl groups excluding tert-OH is 1. The Bertz CT molecular complexity index is 1690. The molecule has 0 spiro atoms. The molecule has 464 valence electrons. The Kier molecular flexibility index (Phi) is 33.9. The second kappa shape index (κ2) is 38.7. The van der Waals surface area contributed by atoms with Crippen LogP contribution in [-0.4, -0.2) is 272 Å². The zero-order valence-corrected chi connectivity index (χ0v) is 51.2. The Morgan fingerprint density at radius 2 is 0.762 bits per heavy atom. The van der Waals surface area contributed by atoms with Gasteiger partial charge >= 0.3 is 36.2 Å². The number of hydrogen-bond acceptors (Lipinski definition) is 18. The van der Waals surface area contributed by atoms with E-state index in [1.165, 1.54) is 58.3 Å². The standard InChI is InChI=1S/C14H26N2O2.C13H24N2O3.C13H24N2O2.C11H22N2O2.C7H12O5/c1-12(2)18-14(17)16-10-6-13(7-11-16)15-8-4-3-5-9-15;1-11(2)18-13(16)15-5-3-12(4-6-15)14-7-9-17-10-8-14;1-11(2)17-13(16)15-9-5-12(6-10-15)14-7-3-4-8-14;1-10(2)15-11(14)4-5-13-8-6-12(3)7-9-13;1-4(2)12-6(9)3-5(8)7(10)11/h12-13H,3-11H2,1-2H3;11-12H,3-10H2,1-2H3;11-12H,3-10H2,1-2H3;10H,4-9H2,1-3H3;4-5,8H,3H2,1-2H3,(H,10,11). The number of piperazine rings is 1. The third-order valence-corrected chi connectivity index (χ3v) is 14.9. The van der Waals surface area contributed by atoms with Crippen LogP contribution in [0.4, 0.5) is 14.4 Å². The van der Waals surface area contributed by atoms with Gasteiger partial charge in [0.25, 0.3) is 0 Å². The summed E-state index contributed by atoms with van der Waals surface area (Å²) in [6.07, 6.45) is 10.8. The molecule has 7 aliphatic heterocycles. The van der Waals surface area contributed by atoms with Crippen LogP contribution in [0.3, 0.4) is 0 Å². The zero-order chi connectivity index (χ0) is 59.1. The first-order chi connectivity index (χ1) is 38.0. The predicted molar refractivity (Wildman–Crippen MR) is 307 cm³/mol. The van der Waals surface area contributed by atoms with Crippen molar-refractivity contribution in [3.8, 4) is 0 Å². The lowest BCUT2D eigenvalue weighted by Gasteiger charge is -2.39. The molecule has 1 unspecified atom stereocenters. The van der Waals surface area contributed by atoms with Gasteiger partial charge in [-0.1, -0.05) is 6.42 Å². The molecule has 0 aromatic carbocycles. The van der Waals surface area contributed by atoms with E-state index in [9.17, 15) is 28.8 Å². The van der Waals surface area contributed by atoms with Crippen molar-refractivity contribution in [1.29, 1.82) is 0 Å². The largest absolute Gasteiger partial charge is 0.479 e. The number of amides is 3. The quantitative estimate of drug-likeness (QED) is 0.145. The fourth-order valence-corrected chi connectivity index (χ4v) is 10.6. The van der Waals surface area contributed by atoms with Crippen molar-refractivity contribution in [2.45, 2.75) is 207 Å². The highest BCUT2D eigenvalue weighted by Gasteiger charge is 2.32. The first-order valence-corrected chi connectivity index (χ1v) is 30.4. The molecule has 1 atom stereocenters. The van der Waals surface area contributed by atoms with E-state index in [2.05, 4.69) is 36.3 Å². The first-order valence-electron chi connectivity index (χ1n) is 30.4. The molecule has 0 aromatic rings. The van der Waals surface area contributed by atoms with E-state index in [0.29, 0.717) is 24.5 Å². The van der Waals surface area contributed by atoms with Crippen LogP contribution in [0.2, 0.25) is 0 Å². The van der Waals surface area contributed by atoms with Gasteiger partial charge in [0.15, 0.2) is 6.10 Å². The molecule has 0 saturated carbocycles. The maximum atomic E-state index is 11.8. The number of piperidine rings is 4. The fraction of sp³-hybridized carbons (Fsp3) is 0.897. The van der Waals surface area contributed by atoms with Gasteiger partial charge in [-0.25, -0.2) is 19.2 Å². The number of nitrogens with zero attached hydrogens (tertiary/aromatic N) is 8. The number of morpholine rings is 1. The lowest BCUT2D eigenvalue weighted by atomic mass is 10.0. The molecule has 22 heteroatoms. The van der Waals surface area contributed by atoms with Gasteiger partial charge in [-0.3, -0.25) is 14.5 Å². The molecule has 0 aromatic heterocycles. The molecule has 0 aliphatic carbocycles. The van der Waals surface area contributed by atoms with Crippen molar-refractivity contribution in [3.05, 3.63) is 0 Å². The molecule has 7 aliphatic rings. The van der Waals surface area contributed by atoms with Gasteiger partial charge < -0.3 is 72.9 Å². The van der Waals surface area contributed by atoms with Gasteiger partial charge in [-0.2, -0.15) is 0 Å². The minimum Gasteiger partial charge on any atom is -0.479 e. The molecule has 80 heavy (non-hydrogen) atoms. The van der Waals surface area contributed by atoms with Gasteiger partial charge in [0.2, 0.25) is 0 Å². The second-order valence-electron chi connectivity index (χ2n) is 23.5. The number of rotatable bonds is 14. The topological polar surface area (TPSA) is 224 Å². The third-order valence-electron chi connectivity index (χ3n) is 14.9. The van der Waals surface area contributed by atoms with Crippen LogP contribution in [0, 0.1) is 0 Å². The molecule has 0 radical (unpaired) electrons. The minimum atomic E-state index is -1.67. The van der Waals surface area contributed by atoms with E-state index < -0.39 is 24.5 Å². The van der Waals surface area contributed by atoms with E-state index in [1.807, 2.05) is 70.1 Å². The monoisotopic (exact) mass is 1140 g/mol. The lowest BCUT2D eigenvalue weighted by Crippen LogP contribution is -2.50. The minimum absolute atomic E-state index is 0.00462. The second-order valence-corrected chi connectivity index (χ2v) is 23.5. The summed E-state index contributed by atoms with van der Waals surface area (Å²) in [6, 6.07) is 1.99. The Hall–Kier alpha value is -4.06. The highest BCUT2D eigenvalue weighted by molar-refractivity contribution is 5.80. The molecule has 2 N–H and O–H groups in total. The molecular formula is C58H108N8O14. The number of aliphatic hydroxyl groups is 1. The Morgan fingerprint density at radius 1 is 0.438 bits per heavy atom. The summed E-state index contributed by atoms with van der Waals surface area (Å²) in [6.45, 7) is 37.4. The van der Waals surface area contributed by atoms with Crippen molar-refractivity contribution in [2.75, 3.05) is 132 Å². The zero-order valence-electron chi connectivity index (χ0n) is 51.2. The number of carboxylic acids is 1. The van der Waals surface area contributed by atoms with E-state index >= 15 is 0 Å². The van der Waals surface area contributed by atoms with Crippen molar-refractivity contribution in [1.82, 2.24) is 39.2 Å². The third kappa shape index (κ3) is 29.3. The Morgan fingerprint density at radius 3 is 1.10 bits per heavy atom. The van der Waals surface area contributed by atoms with Gasteiger partial charge in [-0.15, -0.1) is 0 Å². The first kappa shape index (κ1) is 70.2. The number of carbonyl (C=O) groups is 6. The van der Waals surface area contributed by atoms with Crippen molar-refractivity contribution < 1.29 is 67.4 Å². The molecule has 7 heterocycles. The molecule has 3 amide bonds. The van der Waals surface area contributed by atoms with Crippen LogP contribution in [0.15, 0.2) is 0 Å². The average molecular weight is 1140 g/mol. The van der Waals surface area contributed by atoms with Crippen LogP contribution in [0.5, 0.6) is 0 Å². The van der Waals surface area contributed by atoms with Crippen LogP contribution in [0.25, 0.3) is 0 Å². The van der Waals surface area contributed by atoms with Gasteiger partial charge in [0, 0.05) is 103 Å². The van der Waals surface area contributed by atoms with Crippen LogP contribution < -0.4 is 0 Å². The van der Waals surface area contributed by atoms with Gasteiger partial charge in [-0.05, 0) is 167 Å². The molecular weight excluding hydrogens is 1030 g/mol. The number of likely N-dealkylation sites (tertiary alicyclic amines) is 5. The summed E-state index contributed by atoms with van der Waals surface area (Å²) < 4.78 is 30.8. The maximum absolute atomic E-state index is 11.8. The summed E-state index contributed by atoms with van der Waals surface area (Å²) >= 11 is 0. The number of esters is 2. The molecule has 22 nitrogen and oxygen atoms in total. The summed E-state index contributed by atoms with van der Waals surface area (Å²) in [4.78, 5) is 85.2. The van der Waals surface area contributed by atoms with E-state index in [-0.39, 0.29) is 54.8 Å². The fourth-order valence-electron chi connectivity index (χ4n) is 10.6.